The zero-order valence-corrected chi connectivity index (χ0v) is 12.7. The van der Waals surface area contributed by atoms with E-state index in [1.807, 2.05) is 18.2 Å². The van der Waals surface area contributed by atoms with E-state index in [0.717, 1.165) is 39.1 Å². The number of amides is 1. The summed E-state index contributed by atoms with van der Waals surface area (Å²) in [5.74, 6) is 0.260. The third kappa shape index (κ3) is 4.05. The summed E-state index contributed by atoms with van der Waals surface area (Å²) >= 11 is 0. The van der Waals surface area contributed by atoms with Crippen molar-refractivity contribution in [1.29, 1.82) is 0 Å². The highest BCUT2D eigenvalue weighted by molar-refractivity contribution is 5.79. The van der Waals surface area contributed by atoms with Crippen molar-refractivity contribution in [2.24, 2.45) is 0 Å². The second-order valence-corrected chi connectivity index (χ2v) is 6.15. The van der Waals surface area contributed by atoms with Gasteiger partial charge in [0.25, 0.3) is 0 Å². The quantitative estimate of drug-likeness (QED) is 0.829. The molecule has 4 nitrogen and oxygen atoms in total. The van der Waals surface area contributed by atoms with Crippen LogP contribution in [0.15, 0.2) is 30.3 Å². The molecule has 4 heteroatoms. The fraction of sp³-hybridized carbons (Fsp3) is 0.588. The molecule has 2 aliphatic rings. The van der Waals surface area contributed by atoms with Gasteiger partial charge in [-0.15, -0.1) is 0 Å². The van der Waals surface area contributed by atoms with Gasteiger partial charge in [0.1, 0.15) is 0 Å². The van der Waals surface area contributed by atoms with E-state index in [-0.39, 0.29) is 12.0 Å². The minimum absolute atomic E-state index is 0.232. The van der Waals surface area contributed by atoms with Crippen LogP contribution in [0.2, 0.25) is 0 Å². The largest absolute Gasteiger partial charge is 0.376 e. The van der Waals surface area contributed by atoms with E-state index in [4.69, 9.17) is 4.74 Å². The molecule has 1 amide bonds. The van der Waals surface area contributed by atoms with Crippen molar-refractivity contribution < 1.29 is 9.53 Å². The number of ether oxygens (including phenoxy) is 1. The summed E-state index contributed by atoms with van der Waals surface area (Å²) < 4.78 is 5.54. The van der Waals surface area contributed by atoms with Gasteiger partial charge in [0.15, 0.2) is 0 Å². The van der Waals surface area contributed by atoms with Crippen molar-refractivity contribution in [1.82, 2.24) is 9.80 Å². The molecule has 1 saturated carbocycles. The van der Waals surface area contributed by atoms with Crippen molar-refractivity contribution in [2.75, 3.05) is 26.2 Å². The van der Waals surface area contributed by atoms with E-state index < -0.39 is 0 Å². The highest BCUT2D eigenvalue weighted by atomic mass is 16.5. The second kappa shape index (κ2) is 6.58. The SMILES string of the molecule is CC1CN(CC(=O)N(Cc2ccccc2)C2CC2)CCO1. The molecule has 1 unspecified atom stereocenters. The molecule has 1 aliphatic heterocycles. The standard InChI is InChI=1S/C17H24N2O2/c1-14-11-18(9-10-21-14)13-17(20)19(16-7-8-16)12-15-5-3-2-4-6-15/h2-6,14,16H,7-13H2,1H3. The summed E-state index contributed by atoms with van der Waals surface area (Å²) in [6.45, 7) is 5.78. The molecule has 3 rings (SSSR count). The molecule has 0 radical (unpaired) electrons. The Hall–Kier alpha value is -1.39. The van der Waals surface area contributed by atoms with Gasteiger partial charge in [0, 0.05) is 25.7 Å². The Morgan fingerprint density at radius 1 is 1.33 bits per heavy atom. The lowest BCUT2D eigenvalue weighted by Gasteiger charge is -2.32. The molecule has 1 aliphatic carbocycles. The predicted molar refractivity (Wildman–Crippen MR) is 81.9 cm³/mol. The minimum atomic E-state index is 0.232. The van der Waals surface area contributed by atoms with Crippen molar-refractivity contribution >= 4 is 5.91 Å². The van der Waals surface area contributed by atoms with Gasteiger partial charge in [-0.25, -0.2) is 0 Å². The summed E-state index contributed by atoms with van der Waals surface area (Å²) in [7, 11) is 0. The van der Waals surface area contributed by atoms with Crippen LogP contribution in [0.5, 0.6) is 0 Å². The van der Waals surface area contributed by atoms with Gasteiger partial charge in [-0.05, 0) is 25.3 Å². The molecule has 21 heavy (non-hydrogen) atoms. The molecule has 0 aromatic heterocycles. The number of carbonyl (C=O) groups is 1. The summed E-state index contributed by atoms with van der Waals surface area (Å²) in [5, 5.41) is 0. The highest BCUT2D eigenvalue weighted by Gasteiger charge is 2.33. The molecule has 1 aromatic carbocycles. The van der Waals surface area contributed by atoms with Crippen LogP contribution in [0.25, 0.3) is 0 Å². The first-order chi connectivity index (χ1) is 10.2. The number of benzene rings is 1. The molecule has 0 N–H and O–H groups in total. The number of morpholine rings is 1. The lowest BCUT2D eigenvalue weighted by Crippen LogP contribution is -2.47. The van der Waals surface area contributed by atoms with Crippen molar-refractivity contribution in [2.45, 2.75) is 38.5 Å². The topological polar surface area (TPSA) is 32.8 Å². The van der Waals surface area contributed by atoms with Crippen molar-refractivity contribution in [3.8, 4) is 0 Å². The number of nitrogens with zero attached hydrogens (tertiary/aromatic N) is 2. The summed E-state index contributed by atoms with van der Waals surface area (Å²) in [6, 6.07) is 10.7. The van der Waals surface area contributed by atoms with Crippen LogP contribution in [-0.4, -0.2) is 54.1 Å². The van der Waals surface area contributed by atoms with Gasteiger partial charge >= 0.3 is 0 Å². The Balaban J connectivity index is 1.59. The zero-order chi connectivity index (χ0) is 14.7. The molecule has 1 aromatic rings. The molecular formula is C17H24N2O2. The van der Waals surface area contributed by atoms with E-state index in [1.165, 1.54) is 5.56 Å². The summed E-state index contributed by atoms with van der Waals surface area (Å²) in [5.41, 5.74) is 1.22. The number of hydrogen-bond donors (Lipinski definition) is 0. The van der Waals surface area contributed by atoms with Crippen LogP contribution in [0, 0.1) is 0 Å². The van der Waals surface area contributed by atoms with E-state index in [1.54, 1.807) is 0 Å². The van der Waals surface area contributed by atoms with Crippen LogP contribution >= 0.6 is 0 Å². The van der Waals surface area contributed by atoms with Crippen molar-refractivity contribution in [3.63, 3.8) is 0 Å². The molecule has 1 atom stereocenters. The zero-order valence-electron chi connectivity index (χ0n) is 12.7. The maximum Gasteiger partial charge on any atom is 0.237 e. The Bertz CT molecular complexity index is 473. The Labute approximate surface area is 126 Å². The average Bonchev–Trinajstić information content (AvgIpc) is 3.30. The fourth-order valence-corrected chi connectivity index (χ4v) is 2.90. The average molecular weight is 288 g/mol. The normalized spacial score (nSPS) is 23.0. The molecule has 114 valence electrons. The van der Waals surface area contributed by atoms with Crippen molar-refractivity contribution in [3.05, 3.63) is 35.9 Å². The predicted octanol–water partition coefficient (Wildman–Crippen LogP) is 1.90. The lowest BCUT2D eigenvalue weighted by molar-refractivity contribution is -0.135. The third-order valence-corrected chi connectivity index (χ3v) is 4.19. The summed E-state index contributed by atoms with van der Waals surface area (Å²) in [6.07, 6.45) is 2.53. The third-order valence-electron chi connectivity index (χ3n) is 4.19. The molecule has 2 fully saturated rings. The number of carbonyl (C=O) groups excluding carboxylic acids is 1. The van der Waals surface area contributed by atoms with Gasteiger partial charge in [0.2, 0.25) is 5.91 Å². The van der Waals surface area contributed by atoms with Crippen LogP contribution in [0.1, 0.15) is 25.3 Å². The minimum Gasteiger partial charge on any atom is -0.376 e. The Kier molecular flexibility index (Phi) is 4.56. The lowest BCUT2D eigenvalue weighted by atomic mass is 10.2. The highest BCUT2D eigenvalue weighted by Crippen LogP contribution is 2.28. The summed E-state index contributed by atoms with van der Waals surface area (Å²) in [4.78, 5) is 16.9. The number of rotatable bonds is 5. The molecule has 1 saturated heterocycles. The van der Waals surface area contributed by atoms with E-state index in [0.29, 0.717) is 12.6 Å². The van der Waals surface area contributed by atoms with Crippen LogP contribution in [0.4, 0.5) is 0 Å². The van der Waals surface area contributed by atoms with E-state index in [2.05, 4.69) is 28.9 Å². The molecule has 0 spiro atoms. The number of hydrogen-bond acceptors (Lipinski definition) is 3. The smallest absolute Gasteiger partial charge is 0.237 e. The van der Waals surface area contributed by atoms with Gasteiger partial charge in [0.05, 0.1) is 19.3 Å². The molecule has 1 heterocycles. The maximum absolute atomic E-state index is 12.6. The Morgan fingerprint density at radius 3 is 2.76 bits per heavy atom. The first-order valence-electron chi connectivity index (χ1n) is 7.90. The van der Waals surface area contributed by atoms with E-state index >= 15 is 0 Å². The van der Waals surface area contributed by atoms with Gasteiger partial charge < -0.3 is 9.64 Å². The second-order valence-electron chi connectivity index (χ2n) is 6.15. The monoisotopic (exact) mass is 288 g/mol. The van der Waals surface area contributed by atoms with E-state index in [9.17, 15) is 4.79 Å². The van der Waals surface area contributed by atoms with Crippen LogP contribution in [0.3, 0.4) is 0 Å². The first kappa shape index (κ1) is 14.5. The van der Waals surface area contributed by atoms with Crippen LogP contribution in [-0.2, 0) is 16.1 Å². The molecular weight excluding hydrogens is 264 g/mol. The van der Waals surface area contributed by atoms with Crippen LogP contribution < -0.4 is 0 Å². The molecule has 0 bridgehead atoms. The maximum atomic E-state index is 12.6. The first-order valence-corrected chi connectivity index (χ1v) is 7.90. The van der Waals surface area contributed by atoms with Gasteiger partial charge in [-0.2, -0.15) is 0 Å². The fourth-order valence-electron chi connectivity index (χ4n) is 2.90. The van der Waals surface area contributed by atoms with Gasteiger partial charge in [-0.3, -0.25) is 9.69 Å². The Morgan fingerprint density at radius 2 is 2.10 bits per heavy atom. The van der Waals surface area contributed by atoms with Gasteiger partial charge in [-0.1, -0.05) is 30.3 Å².